The summed E-state index contributed by atoms with van der Waals surface area (Å²) in [5.41, 5.74) is 3.74. The third-order valence-electron chi connectivity index (χ3n) is 3.00. The third-order valence-corrected chi connectivity index (χ3v) is 5.13. The van der Waals surface area contributed by atoms with Crippen LogP contribution >= 0.6 is 20.9 Å². The maximum Gasteiger partial charge on any atom is 0.297 e. The Kier molecular flexibility index (Phi) is 2.79. The van der Waals surface area contributed by atoms with Gasteiger partial charge in [-0.25, -0.2) is 0 Å². The summed E-state index contributed by atoms with van der Waals surface area (Å²) in [6.07, 6.45) is 0. The maximum absolute atomic E-state index is 9.98. The van der Waals surface area contributed by atoms with Gasteiger partial charge in [-0.05, 0) is 32.8 Å². The Bertz CT molecular complexity index is 511. The fourth-order valence-corrected chi connectivity index (χ4v) is 4.40. The molecule has 0 spiro atoms. The molecule has 2 aliphatic rings. The van der Waals surface area contributed by atoms with Crippen LogP contribution in [-0.2, 0) is 10.8 Å². The SMILES string of the molecule is CC(C)(C)c1cc(C(C)(C)C)c2[n+](O)ssc1-2. The zero-order valence-electron chi connectivity index (χ0n) is 11.3. The first kappa shape index (κ1) is 12.8. The molecule has 0 unspecified atom stereocenters. The van der Waals surface area contributed by atoms with Crippen molar-refractivity contribution in [1.29, 1.82) is 0 Å². The standard InChI is InChI=1S/C13H20NOS2/c1-12(2,3)8-7-9(13(4,5)6)11-10(8)14(15)17-16-11/h7,15H,1-6H3/q+1. The highest BCUT2D eigenvalue weighted by molar-refractivity contribution is 7.66. The van der Waals surface area contributed by atoms with Crippen LogP contribution in [0.1, 0.15) is 52.7 Å². The Labute approximate surface area is 110 Å². The van der Waals surface area contributed by atoms with Crippen LogP contribution in [0.5, 0.6) is 0 Å². The molecule has 94 valence electrons. The van der Waals surface area contributed by atoms with E-state index < -0.39 is 0 Å². The van der Waals surface area contributed by atoms with Gasteiger partial charge in [0.05, 0.1) is 4.12 Å². The molecule has 0 saturated carbocycles. The van der Waals surface area contributed by atoms with Gasteiger partial charge in [-0.15, -0.1) is 0 Å². The van der Waals surface area contributed by atoms with E-state index in [1.165, 1.54) is 30.7 Å². The lowest BCUT2D eigenvalue weighted by atomic mass is 9.86. The molecule has 4 heteroatoms. The van der Waals surface area contributed by atoms with E-state index in [0.29, 0.717) is 0 Å². The first-order chi connectivity index (χ1) is 7.62. The summed E-state index contributed by atoms with van der Waals surface area (Å²) in [6.45, 7) is 13.2. The smallest absolute Gasteiger partial charge is 0.270 e. The molecule has 1 heterocycles. The van der Waals surface area contributed by atoms with Gasteiger partial charge in [-0.1, -0.05) is 41.5 Å². The summed E-state index contributed by atoms with van der Waals surface area (Å²) in [7, 11) is 3.06. The third kappa shape index (κ3) is 2.08. The van der Waals surface area contributed by atoms with Gasteiger partial charge in [0.1, 0.15) is 4.88 Å². The molecule has 1 N–H and O–H groups in total. The second kappa shape index (κ2) is 3.69. The molecule has 1 aliphatic heterocycles. The fraction of sp³-hybridized carbons (Fsp3) is 0.615. The van der Waals surface area contributed by atoms with E-state index in [9.17, 15) is 5.21 Å². The van der Waals surface area contributed by atoms with Gasteiger partial charge in [0.25, 0.3) is 16.2 Å². The quantitative estimate of drug-likeness (QED) is 0.436. The number of hydrogen-bond acceptors (Lipinski definition) is 3. The number of hydrogen-bond donors (Lipinski definition) is 1. The lowest BCUT2D eigenvalue weighted by Gasteiger charge is -2.18. The monoisotopic (exact) mass is 270 g/mol. The minimum Gasteiger partial charge on any atom is -0.270 e. The zero-order chi connectivity index (χ0) is 13.0. The Morgan fingerprint density at radius 1 is 1.00 bits per heavy atom. The molecule has 0 aromatic carbocycles. The predicted octanol–water partition coefficient (Wildman–Crippen LogP) is 4.03. The summed E-state index contributed by atoms with van der Waals surface area (Å²) < 4.78 is 1.32. The van der Waals surface area contributed by atoms with Crippen LogP contribution in [0.3, 0.4) is 0 Å². The van der Waals surface area contributed by atoms with E-state index in [4.69, 9.17) is 0 Å². The lowest BCUT2D eigenvalue weighted by molar-refractivity contribution is -0.842. The predicted molar refractivity (Wildman–Crippen MR) is 73.6 cm³/mol. The van der Waals surface area contributed by atoms with Crippen LogP contribution in [-0.4, -0.2) is 5.21 Å². The normalized spacial score (nSPS) is 13.5. The molecule has 0 amide bonds. The highest BCUT2D eigenvalue weighted by Crippen LogP contribution is 2.45. The molecular weight excluding hydrogens is 250 g/mol. The average Bonchev–Trinajstić information content (AvgIpc) is 2.63. The van der Waals surface area contributed by atoms with Crippen LogP contribution in [0.4, 0.5) is 0 Å². The minimum absolute atomic E-state index is 0.0556. The summed E-state index contributed by atoms with van der Waals surface area (Å²) in [5, 5.41) is 9.98. The van der Waals surface area contributed by atoms with Crippen molar-refractivity contribution in [3.8, 4) is 10.6 Å². The van der Waals surface area contributed by atoms with Crippen molar-refractivity contribution in [2.24, 2.45) is 0 Å². The molecule has 0 saturated heterocycles. The van der Waals surface area contributed by atoms with E-state index in [2.05, 4.69) is 47.6 Å². The van der Waals surface area contributed by atoms with Crippen molar-refractivity contribution in [3.05, 3.63) is 17.2 Å². The molecule has 0 aromatic heterocycles. The van der Waals surface area contributed by atoms with Crippen molar-refractivity contribution < 1.29 is 9.33 Å². The molecule has 0 fully saturated rings. The Hall–Kier alpha value is -0.610. The summed E-state index contributed by atoms with van der Waals surface area (Å²) in [5.74, 6) is 0. The van der Waals surface area contributed by atoms with Crippen LogP contribution < -0.4 is 4.12 Å². The molecule has 0 atom stereocenters. The van der Waals surface area contributed by atoms with Crippen LogP contribution in [0, 0.1) is 0 Å². The Morgan fingerprint density at radius 3 is 2.00 bits per heavy atom. The van der Waals surface area contributed by atoms with Crippen LogP contribution in [0.25, 0.3) is 10.6 Å². The van der Waals surface area contributed by atoms with Gasteiger partial charge in [-0.3, -0.25) is 5.21 Å². The number of rotatable bonds is 0. The van der Waals surface area contributed by atoms with E-state index in [1.807, 2.05) is 0 Å². The van der Waals surface area contributed by atoms with Crippen molar-refractivity contribution in [1.82, 2.24) is 0 Å². The second-order valence-electron chi connectivity index (χ2n) is 6.58. The average molecular weight is 270 g/mol. The van der Waals surface area contributed by atoms with Gasteiger partial charge in [0.2, 0.25) is 0 Å². The second-order valence-corrected chi connectivity index (χ2v) is 8.60. The van der Waals surface area contributed by atoms with Crippen LogP contribution in [0.2, 0.25) is 0 Å². The Morgan fingerprint density at radius 2 is 1.53 bits per heavy atom. The lowest BCUT2D eigenvalue weighted by Crippen LogP contribution is -2.28. The molecule has 2 nitrogen and oxygen atoms in total. The molecule has 17 heavy (non-hydrogen) atoms. The molecule has 0 aromatic rings. The van der Waals surface area contributed by atoms with E-state index in [1.54, 1.807) is 10.3 Å². The van der Waals surface area contributed by atoms with E-state index in [0.717, 1.165) is 5.69 Å². The molecule has 1 aliphatic carbocycles. The number of fused-ring (bicyclic) bond motifs is 1. The summed E-state index contributed by atoms with van der Waals surface area (Å²) in [4.78, 5) is 1.23. The van der Waals surface area contributed by atoms with Gasteiger partial charge in [0.15, 0.2) is 0 Å². The van der Waals surface area contributed by atoms with Gasteiger partial charge in [0, 0.05) is 5.56 Å². The number of aromatic nitrogens is 1. The molecule has 0 radical (unpaired) electrons. The van der Waals surface area contributed by atoms with Crippen LogP contribution in [0.15, 0.2) is 6.07 Å². The fourth-order valence-electron chi connectivity index (χ4n) is 2.04. The minimum atomic E-state index is 0.0556. The molecule has 2 rings (SSSR count). The van der Waals surface area contributed by atoms with Gasteiger partial charge >= 0.3 is 0 Å². The maximum atomic E-state index is 9.98. The first-order valence-corrected chi connectivity index (χ1v) is 7.91. The van der Waals surface area contributed by atoms with Gasteiger partial charge < -0.3 is 0 Å². The highest BCUT2D eigenvalue weighted by atomic mass is 32.9. The summed E-state index contributed by atoms with van der Waals surface area (Å²) in [6, 6.07) is 2.26. The zero-order valence-corrected chi connectivity index (χ0v) is 12.9. The highest BCUT2D eigenvalue weighted by Gasteiger charge is 2.39. The largest absolute Gasteiger partial charge is 0.297 e. The first-order valence-electron chi connectivity index (χ1n) is 5.80. The van der Waals surface area contributed by atoms with Crippen molar-refractivity contribution in [3.63, 3.8) is 0 Å². The van der Waals surface area contributed by atoms with E-state index >= 15 is 0 Å². The summed E-state index contributed by atoms with van der Waals surface area (Å²) >= 11 is 0. The van der Waals surface area contributed by atoms with Gasteiger partial charge in [-0.2, -0.15) is 0 Å². The van der Waals surface area contributed by atoms with Crippen molar-refractivity contribution >= 4 is 20.9 Å². The van der Waals surface area contributed by atoms with E-state index in [-0.39, 0.29) is 10.8 Å². The Balaban J connectivity index is 2.73. The topological polar surface area (TPSA) is 24.1 Å². The molecular formula is C13H20NOS2+. The van der Waals surface area contributed by atoms with Crippen molar-refractivity contribution in [2.45, 2.75) is 52.4 Å². The molecule has 0 bridgehead atoms. The van der Waals surface area contributed by atoms with Crippen molar-refractivity contribution in [2.75, 3.05) is 0 Å². The number of nitrogens with zero attached hydrogens (tertiary/aromatic N) is 1.